The van der Waals surface area contributed by atoms with Gasteiger partial charge in [-0.25, -0.2) is 17.4 Å². The topological polar surface area (TPSA) is 93.5 Å². The molecule has 0 bridgehead atoms. The highest BCUT2D eigenvalue weighted by Gasteiger charge is 2.29. The fourth-order valence-electron chi connectivity index (χ4n) is 4.28. The van der Waals surface area contributed by atoms with Gasteiger partial charge in [0.2, 0.25) is 10.0 Å². The Labute approximate surface area is 207 Å². The fourth-order valence-corrected chi connectivity index (χ4v) is 5.82. The van der Waals surface area contributed by atoms with Crippen LogP contribution in [0.2, 0.25) is 0 Å². The number of aryl methyl sites for hydroxylation is 1. The Hall–Kier alpha value is -3.17. The number of nitrogens with zero attached hydrogens (tertiary/aromatic N) is 3. The van der Waals surface area contributed by atoms with Crippen molar-refractivity contribution < 1.29 is 17.9 Å². The van der Waals surface area contributed by atoms with Crippen molar-refractivity contribution in [3.05, 3.63) is 65.9 Å². The Balaban J connectivity index is 1.58. The molecule has 1 aliphatic rings. The molecule has 0 radical (unpaired) electrons. The number of hydrogen-bond donors (Lipinski definition) is 1. The zero-order chi connectivity index (χ0) is 25.0. The van der Waals surface area contributed by atoms with Gasteiger partial charge >= 0.3 is 0 Å². The molecule has 8 nitrogen and oxygen atoms in total. The molecule has 35 heavy (non-hydrogen) atoms. The first-order valence-electron chi connectivity index (χ1n) is 11.9. The second-order valence-corrected chi connectivity index (χ2v) is 11.0. The first-order valence-corrected chi connectivity index (χ1v) is 13.5. The highest BCUT2D eigenvalue weighted by molar-refractivity contribution is 7.89. The van der Waals surface area contributed by atoms with E-state index in [2.05, 4.69) is 5.32 Å². The maximum Gasteiger partial charge on any atom is 0.255 e. The van der Waals surface area contributed by atoms with Crippen molar-refractivity contribution in [1.29, 1.82) is 0 Å². The minimum absolute atomic E-state index is 0.100. The van der Waals surface area contributed by atoms with E-state index in [1.165, 1.54) is 4.31 Å². The van der Waals surface area contributed by atoms with Gasteiger partial charge in [0, 0.05) is 30.9 Å². The number of benzene rings is 2. The first-order chi connectivity index (χ1) is 16.8. The van der Waals surface area contributed by atoms with Crippen molar-refractivity contribution in [3.63, 3.8) is 0 Å². The standard InChI is InChI=1S/C26H32N4O4S/c1-4-16-35(32,33)29-14-12-21(13-15-29)27-26(31)24-18-30(22-10-8-19(2)9-11-22)28-25(24)20-6-5-7-23(17-20)34-3/h5-11,17-18,21H,4,12-16H2,1-3H3,(H,27,31). The summed E-state index contributed by atoms with van der Waals surface area (Å²) in [5.74, 6) is 0.613. The number of nitrogens with one attached hydrogen (secondary N) is 1. The lowest BCUT2D eigenvalue weighted by Crippen LogP contribution is -2.47. The van der Waals surface area contributed by atoms with Crippen LogP contribution in [0.25, 0.3) is 16.9 Å². The fraction of sp³-hybridized carbons (Fsp3) is 0.385. The summed E-state index contributed by atoms with van der Waals surface area (Å²) in [6.07, 6.45) is 3.50. The Morgan fingerprint density at radius 2 is 1.86 bits per heavy atom. The number of aromatic nitrogens is 2. The van der Waals surface area contributed by atoms with E-state index in [0.29, 0.717) is 49.4 Å². The molecule has 1 N–H and O–H groups in total. The molecule has 1 amide bonds. The van der Waals surface area contributed by atoms with Crippen LogP contribution in [0.15, 0.2) is 54.7 Å². The maximum absolute atomic E-state index is 13.4. The summed E-state index contributed by atoms with van der Waals surface area (Å²) in [6.45, 7) is 4.71. The Kier molecular flexibility index (Phi) is 7.57. The number of rotatable bonds is 8. The molecule has 0 unspecified atom stereocenters. The molecule has 2 heterocycles. The molecule has 4 rings (SSSR count). The van der Waals surface area contributed by atoms with Crippen LogP contribution >= 0.6 is 0 Å². The first kappa shape index (κ1) is 24.9. The zero-order valence-electron chi connectivity index (χ0n) is 20.4. The van der Waals surface area contributed by atoms with Crippen LogP contribution in [0, 0.1) is 6.92 Å². The minimum atomic E-state index is -3.22. The second kappa shape index (κ2) is 10.6. The highest BCUT2D eigenvalue weighted by Crippen LogP contribution is 2.27. The third-order valence-electron chi connectivity index (χ3n) is 6.25. The Bertz CT molecular complexity index is 1280. The van der Waals surface area contributed by atoms with Gasteiger partial charge in [0.15, 0.2) is 0 Å². The average molecular weight is 497 g/mol. The summed E-state index contributed by atoms with van der Waals surface area (Å²) >= 11 is 0. The van der Waals surface area contributed by atoms with Crippen molar-refractivity contribution in [3.8, 4) is 22.7 Å². The summed E-state index contributed by atoms with van der Waals surface area (Å²) in [6, 6.07) is 15.3. The number of ether oxygens (including phenoxy) is 1. The SMILES string of the molecule is CCCS(=O)(=O)N1CCC(NC(=O)c2cn(-c3ccc(C)cc3)nc2-c2cccc(OC)c2)CC1. The van der Waals surface area contributed by atoms with Crippen LogP contribution < -0.4 is 10.1 Å². The molecule has 1 fully saturated rings. The summed E-state index contributed by atoms with van der Waals surface area (Å²) in [5.41, 5.74) is 3.79. The van der Waals surface area contributed by atoms with Crippen molar-refractivity contribution in [2.24, 2.45) is 0 Å². The molecule has 1 aromatic heterocycles. The van der Waals surface area contributed by atoms with Gasteiger partial charge < -0.3 is 10.1 Å². The second-order valence-electron chi connectivity index (χ2n) is 8.87. The predicted molar refractivity (Wildman–Crippen MR) is 136 cm³/mol. The van der Waals surface area contributed by atoms with Crippen molar-refractivity contribution in [2.75, 3.05) is 26.0 Å². The average Bonchev–Trinajstić information content (AvgIpc) is 3.31. The normalized spacial score (nSPS) is 15.2. The van der Waals surface area contributed by atoms with E-state index in [-0.39, 0.29) is 17.7 Å². The quantitative estimate of drug-likeness (QED) is 0.512. The van der Waals surface area contributed by atoms with Gasteiger partial charge in [0.25, 0.3) is 5.91 Å². The van der Waals surface area contributed by atoms with Gasteiger partial charge in [-0.3, -0.25) is 4.79 Å². The van der Waals surface area contributed by atoms with E-state index < -0.39 is 10.0 Å². The molecule has 3 aromatic rings. The number of carbonyl (C=O) groups excluding carboxylic acids is 1. The van der Waals surface area contributed by atoms with Crippen molar-refractivity contribution in [1.82, 2.24) is 19.4 Å². The molecule has 2 aromatic carbocycles. The van der Waals surface area contributed by atoms with Crippen LogP contribution in [-0.4, -0.2) is 60.4 Å². The largest absolute Gasteiger partial charge is 0.497 e. The molecular formula is C26H32N4O4S. The lowest BCUT2D eigenvalue weighted by Gasteiger charge is -2.31. The molecule has 0 atom stereocenters. The summed E-state index contributed by atoms with van der Waals surface area (Å²) in [4.78, 5) is 13.4. The van der Waals surface area contributed by atoms with Crippen LogP contribution in [0.4, 0.5) is 0 Å². The number of hydrogen-bond acceptors (Lipinski definition) is 5. The molecule has 9 heteroatoms. The molecule has 0 aliphatic carbocycles. The van der Waals surface area contributed by atoms with Crippen LogP contribution in [0.3, 0.4) is 0 Å². The Morgan fingerprint density at radius 1 is 1.14 bits per heavy atom. The number of piperidine rings is 1. The van der Waals surface area contributed by atoms with E-state index in [9.17, 15) is 13.2 Å². The minimum Gasteiger partial charge on any atom is -0.497 e. The van der Waals surface area contributed by atoms with Gasteiger partial charge in [0.1, 0.15) is 11.4 Å². The van der Waals surface area contributed by atoms with E-state index in [4.69, 9.17) is 9.84 Å². The maximum atomic E-state index is 13.4. The summed E-state index contributed by atoms with van der Waals surface area (Å²) in [7, 11) is -1.62. The smallest absolute Gasteiger partial charge is 0.255 e. The molecule has 1 saturated heterocycles. The van der Waals surface area contributed by atoms with E-state index in [0.717, 1.165) is 16.8 Å². The molecule has 186 valence electrons. The lowest BCUT2D eigenvalue weighted by molar-refractivity contribution is 0.0924. The van der Waals surface area contributed by atoms with Gasteiger partial charge in [-0.2, -0.15) is 5.10 Å². The number of methoxy groups -OCH3 is 1. The van der Waals surface area contributed by atoms with Crippen LogP contribution in [0.5, 0.6) is 5.75 Å². The number of amides is 1. The number of sulfonamides is 1. The van der Waals surface area contributed by atoms with E-state index in [1.54, 1.807) is 18.0 Å². The van der Waals surface area contributed by atoms with Gasteiger partial charge in [-0.1, -0.05) is 36.8 Å². The van der Waals surface area contributed by atoms with E-state index in [1.807, 2.05) is 62.4 Å². The zero-order valence-corrected chi connectivity index (χ0v) is 21.2. The third-order valence-corrected chi connectivity index (χ3v) is 8.32. The third kappa shape index (κ3) is 5.74. The summed E-state index contributed by atoms with van der Waals surface area (Å²) in [5, 5.41) is 7.85. The summed E-state index contributed by atoms with van der Waals surface area (Å²) < 4.78 is 33.3. The van der Waals surface area contributed by atoms with E-state index >= 15 is 0 Å². The van der Waals surface area contributed by atoms with Gasteiger partial charge in [0.05, 0.1) is 24.1 Å². The van der Waals surface area contributed by atoms with Crippen LogP contribution in [-0.2, 0) is 10.0 Å². The lowest BCUT2D eigenvalue weighted by atomic mass is 10.0. The van der Waals surface area contributed by atoms with Gasteiger partial charge in [-0.05, 0) is 50.5 Å². The Morgan fingerprint density at radius 3 is 2.51 bits per heavy atom. The molecular weight excluding hydrogens is 464 g/mol. The van der Waals surface area contributed by atoms with Crippen molar-refractivity contribution >= 4 is 15.9 Å². The molecule has 0 spiro atoms. The molecule has 1 aliphatic heterocycles. The van der Waals surface area contributed by atoms with Crippen LogP contribution in [0.1, 0.15) is 42.1 Å². The van der Waals surface area contributed by atoms with Crippen molar-refractivity contribution in [2.45, 2.75) is 39.2 Å². The number of carbonyl (C=O) groups is 1. The molecule has 0 saturated carbocycles. The van der Waals surface area contributed by atoms with Gasteiger partial charge in [-0.15, -0.1) is 0 Å². The monoisotopic (exact) mass is 496 g/mol. The highest BCUT2D eigenvalue weighted by atomic mass is 32.2. The predicted octanol–water partition coefficient (Wildman–Crippen LogP) is 3.79.